The van der Waals surface area contributed by atoms with Gasteiger partial charge in [-0.2, -0.15) is 0 Å². The number of rotatable bonds is 4. The second-order valence-corrected chi connectivity index (χ2v) is 7.05. The first-order valence-corrected chi connectivity index (χ1v) is 8.59. The number of amides is 1. The summed E-state index contributed by atoms with van der Waals surface area (Å²) in [6.45, 7) is 0. The maximum absolute atomic E-state index is 12.7. The summed E-state index contributed by atoms with van der Waals surface area (Å²) in [5.74, 6) is -1.77. The Morgan fingerprint density at radius 2 is 1.89 bits per heavy atom. The fourth-order valence-electron chi connectivity index (χ4n) is 2.36. The maximum Gasteiger partial charge on any atom is 0.335 e. The van der Waals surface area contributed by atoms with Crippen LogP contribution in [-0.2, 0) is 4.79 Å². The first-order chi connectivity index (χ1) is 12.8. The van der Waals surface area contributed by atoms with Crippen LogP contribution in [0.1, 0.15) is 15.9 Å². The summed E-state index contributed by atoms with van der Waals surface area (Å²) in [5, 5.41) is 29.7. The number of nitrogens with zero attached hydrogens (tertiary/aromatic N) is 2. The van der Waals surface area contributed by atoms with Crippen LogP contribution >= 0.6 is 24.0 Å². The van der Waals surface area contributed by atoms with Gasteiger partial charge in [0.2, 0.25) is 0 Å². The fraction of sp³-hybridized carbons (Fsp3) is 0. The Morgan fingerprint density at radius 1 is 1.22 bits per heavy atom. The van der Waals surface area contributed by atoms with Crippen LogP contribution in [0.2, 0.25) is 0 Å². The van der Waals surface area contributed by atoms with Gasteiger partial charge < -0.3 is 10.2 Å². The van der Waals surface area contributed by atoms with Gasteiger partial charge in [-0.05, 0) is 36.4 Å². The highest BCUT2D eigenvalue weighted by Gasteiger charge is 2.33. The number of benzene rings is 2. The lowest BCUT2D eigenvalue weighted by Gasteiger charge is -2.14. The van der Waals surface area contributed by atoms with Crippen molar-refractivity contribution >= 4 is 57.6 Å². The van der Waals surface area contributed by atoms with Gasteiger partial charge in [0.1, 0.15) is 5.75 Å². The van der Waals surface area contributed by atoms with E-state index in [1.807, 2.05) is 0 Å². The van der Waals surface area contributed by atoms with E-state index in [-0.39, 0.29) is 31.8 Å². The lowest BCUT2D eigenvalue weighted by molar-refractivity contribution is -0.384. The normalized spacial score (nSPS) is 15.4. The molecule has 1 fully saturated rings. The van der Waals surface area contributed by atoms with E-state index in [2.05, 4.69) is 0 Å². The van der Waals surface area contributed by atoms with Gasteiger partial charge in [-0.1, -0.05) is 24.0 Å². The number of carbonyl (C=O) groups excluding carboxylic acids is 1. The summed E-state index contributed by atoms with van der Waals surface area (Å²) in [6.07, 6.45) is 1.33. The molecule has 2 aromatic rings. The van der Waals surface area contributed by atoms with Crippen LogP contribution in [0.5, 0.6) is 5.75 Å². The number of nitro groups is 1. The van der Waals surface area contributed by atoms with Crippen molar-refractivity contribution < 1.29 is 24.7 Å². The molecule has 136 valence electrons. The first kappa shape index (κ1) is 18.5. The molecule has 8 nitrogen and oxygen atoms in total. The Labute approximate surface area is 161 Å². The molecule has 2 aromatic carbocycles. The second kappa shape index (κ2) is 7.17. The number of carboxylic acids is 1. The predicted molar refractivity (Wildman–Crippen MR) is 104 cm³/mol. The number of thiocarbonyl (C=S) groups is 1. The molecule has 1 saturated heterocycles. The van der Waals surface area contributed by atoms with E-state index in [1.54, 1.807) is 0 Å². The molecule has 0 radical (unpaired) electrons. The number of non-ortho nitro benzene ring substituents is 1. The van der Waals surface area contributed by atoms with Gasteiger partial charge in [0.05, 0.1) is 21.1 Å². The number of hydrogen-bond donors (Lipinski definition) is 2. The maximum atomic E-state index is 12.7. The van der Waals surface area contributed by atoms with E-state index < -0.39 is 16.8 Å². The number of phenols is 1. The summed E-state index contributed by atoms with van der Waals surface area (Å²) in [5.41, 5.74) is 0.361. The van der Waals surface area contributed by atoms with E-state index in [1.165, 1.54) is 41.3 Å². The van der Waals surface area contributed by atoms with Crippen molar-refractivity contribution in [3.05, 3.63) is 68.6 Å². The highest BCUT2D eigenvalue weighted by Crippen LogP contribution is 2.37. The van der Waals surface area contributed by atoms with Crippen LogP contribution in [-0.4, -0.2) is 31.3 Å². The van der Waals surface area contributed by atoms with Gasteiger partial charge in [0.25, 0.3) is 11.6 Å². The molecule has 1 heterocycles. The quantitative estimate of drug-likeness (QED) is 0.345. The van der Waals surface area contributed by atoms with Gasteiger partial charge in [0.15, 0.2) is 4.32 Å². The summed E-state index contributed by atoms with van der Waals surface area (Å²) in [6, 6.07) is 9.11. The van der Waals surface area contributed by atoms with Crippen molar-refractivity contribution in [3.8, 4) is 5.75 Å². The Bertz CT molecular complexity index is 1020. The van der Waals surface area contributed by atoms with Crippen molar-refractivity contribution in [1.29, 1.82) is 0 Å². The van der Waals surface area contributed by atoms with E-state index in [9.17, 15) is 24.8 Å². The average molecular weight is 402 g/mol. The summed E-state index contributed by atoms with van der Waals surface area (Å²) in [7, 11) is 0. The first-order valence-electron chi connectivity index (χ1n) is 7.36. The molecule has 1 aliphatic heterocycles. The Hall–Kier alpha value is -3.24. The average Bonchev–Trinajstić information content (AvgIpc) is 2.90. The second-order valence-electron chi connectivity index (χ2n) is 5.37. The third-order valence-electron chi connectivity index (χ3n) is 3.67. The van der Waals surface area contributed by atoms with Crippen LogP contribution < -0.4 is 4.90 Å². The molecule has 0 atom stereocenters. The Balaban J connectivity index is 1.94. The van der Waals surface area contributed by atoms with Crippen LogP contribution in [0.25, 0.3) is 6.08 Å². The minimum atomic E-state index is -1.09. The molecule has 1 amide bonds. The molecule has 0 aliphatic carbocycles. The largest absolute Gasteiger partial charge is 0.507 e. The molecular weight excluding hydrogens is 392 g/mol. The Kier molecular flexibility index (Phi) is 4.93. The molecule has 1 aliphatic rings. The molecule has 0 aromatic heterocycles. The number of thioether (sulfide) groups is 1. The number of nitro benzene ring substituents is 1. The van der Waals surface area contributed by atoms with Gasteiger partial charge in [-0.3, -0.25) is 19.8 Å². The molecular formula is C17H10N2O6S2. The van der Waals surface area contributed by atoms with Crippen LogP contribution in [0.4, 0.5) is 11.4 Å². The number of carbonyl (C=O) groups is 2. The molecule has 2 N–H and O–H groups in total. The number of aromatic carboxylic acids is 1. The lowest BCUT2D eigenvalue weighted by atomic mass is 10.1. The van der Waals surface area contributed by atoms with Crippen LogP contribution in [0.15, 0.2) is 47.4 Å². The summed E-state index contributed by atoms with van der Waals surface area (Å²) >= 11 is 6.19. The number of hydrogen-bond acceptors (Lipinski definition) is 7. The Morgan fingerprint density at radius 3 is 2.48 bits per heavy atom. The van der Waals surface area contributed by atoms with Crippen molar-refractivity contribution in [2.75, 3.05) is 4.90 Å². The topological polar surface area (TPSA) is 121 Å². The van der Waals surface area contributed by atoms with Crippen LogP contribution in [0, 0.1) is 10.1 Å². The van der Waals surface area contributed by atoms with E-state index >= 15 is 0 Å². The SMILES string of the molecule is O=C(O)c1ccc(N2C(=O)/C(=C/c3cc([N+](=O)[O-])ccc3O)SC2=S)cc1. The van der Waals surface area contributed by atoms with Crippen molar-refractivity contribution in [3.63, 3.8) is 0 Å². The zero-order valence-electron chi connectivity index (χ0n) is 13.4. The van der Waals surface area contributed by atoms with Crippen molar-refractivity contribution in [2.45, 2.75) is 0 Å². The minimum Gasteiger partial charge on any atom is -0.507 e. The summed E-state index contributed by atoms with van der Waals surface area (Å²) in [4.78, 5) is 35.3. The smallest absolute Gasteiger partial charge is 0.335 e. The summed E-state index contributed by atoms with van der Waals surface area (Å²) < 4.78 is 0.222. The zero-order chi connectivity index (χ0) is 19.7. The van der Waals surface area contributed by atoms with Gasteiger partial charge in [0, 0.05) is 17.7 Å². The third kappa shape index (κ3) is 3.66. The standard InChI is InChI=1S/C17H10N2O6S2/c20-13-6-5-12(19(24)25)7-10(13)8-14-15(21)18(17(26)27-14)11-3-1-9(2-4-11)16(22)23/h1-8,20H,(H,22,23)/b14-8-. The molecule has 0 spiro atoms. The highest BCUT2D eigenvalue weighted by atomic mass is 32.2. The fourth-order valence-corrected chi connectivity index (χ4v) is 3.65. The predicted octanol–water partition coefficient (Wildman–Crippen LogP) is 3.40. The van der Waals surface area contributed by atoms with Crippen molar-refractivity contribution in [1.82, 2.24) is 0 Å². The number of phenolic OH excluding ortho intramolecular Hbond substituents is 1. The van der Waals surface area contributed by atoms with E-state index in [4.69, 9.17) is 17.3 Å². The third-order valence-corrected chi connectivity index (χ3v) is 4.98. The van der Waals surface area contributed by atoms with E-state index in [0.29, 0.717) is 5.69 Å². The molecule has 3 rings (SSSR count). The lowest BCUT2D eigenvalue weighted by Crippen LogP contribution is -2.27. The van der Waals surface area contributed by atoms with Gasteiger partial charge in [-0.15, -0.1) is 0 Å². The van der Waals surface area contributed by atoms with Crippen molar-refractivity contribution in [2.24, 2.45) is 0 Å². The molecule has 0 bridgehead atoms. The highest BCUT2D eigenvalue weighted by molar-refractivity contribution is 8.27. The minimum absolute atomic E-state index is 0.0706. The molecule has 27 heavy (non-hydrogen) atoms. The monoisotopic (exact) mass is 402 g/mol. The molecule has 0 unspecified atom stereocenters. The van der Waals surface area contributed by atoms with E-state index in [0.717, 1.165) is 23.9 Å². The zero-order valence-corrected chi connectivity index (χ0v) is 15.0. The number of carboxylic acid groups (broad SMARTS) is 1. The van der Waals surface area contributed by atoms with Crippen LogP contribution in [0.3, 0.4) is 0 Å². The van der Waals surface area contributed by atoms with Gasteiger partial charge >= 0.3 is 5.97 Å². The molecule has 0 saturated carbocycles. The number of aromatic hydroxyl groups is 1. The molecule has 10 heteroatoms. The van der Waals surface area contributed by atoms with Gasteiger partial charge in [-0.25, -0.2) is 4.79 Å². The number of anilines is 1.